The molecule has 30 heavy (non-hydrogen) atoms. The van der Waals surface area contributed by atoms with Crippen LogP contribution in [0.5, 0.6) is 0 Å². The van der Waals surface area contributed by atoms with Crippen LogP contribution in [-0.4, -0.2) is 0 Å². The molecule has 0 amide bonds. The van der Waals surface area contributed by atoms with Crippen molar-refractivity contribution in [3.63, 3.8) is 0 Å². The molecule has 1 aliphatic carbocycles. The molecule has 0 aliphatic heterocycles. The number of halogens is 1. The normalized spacial score (nSPS) is 18.8. The predicted octanol–water partition coefficient (Wildman–Crippen LogP) is 8.63. The van der Waals surface area contributed by atoms with Crippen LogP contribution in [0.3, 0.4) is 0 Å². The van der Waals surface area contributed by atoms with Gasteiger partial charge in [-0.15, -0.1) is 0 Å². The van der Waals surface area contributed by atoms with Crippen LogP contribution in [0.1, 0.15) is 99.3 Å². The Kier molecular flexibility index (Phi) is 9.28. The van der Waals surface area contributed by atoms with Gasteiger partial charge in [0.05, 0.1) is 11.6 Å². The Balaban J connectivity index is 1.45. The third-order valence-electron chi connectivity index (χ3n) is 6.88. The number of nitriles is 1. The van der Waals surface area contributed by atoms with Crippen LogP contribution in [0.4, 0.5) is 0 Å². The quantitative estimate of drug-likeness (QED) is 0.352. The lowest BCUT2D eigenvalue weighted by molar-refractivity contribution is 0.302. The molecule has 0 bridgehead atoms. The van der Waals surface area contributed by atoms with E-state index in [9.17, 15) is 0 Å². The highest BCUT2D eigenvalue weighted by Crippen LogP contribution is 2.39. The summed E-state index contributed by atoms with van der Waals surface area (Å²) in [6.45, 7) is 2.29. The molecule has 2 aromatic rings. The summed E-state index contributed by atoms with van der Waals surface area (Å²) >= 11 is 6.66. The van der Waals surface area contributed by atoms with E-state index < -0.39 is 0 Å². The lowest BCUT2D eigenvalue weighted by Crippen LogP contribution is -2.13. The first-order valence-corrected chi connectivity index (χ1v) is 12.3. The van der Waals surface area contributed by atoms with Crippen LogP contribution in [-0.2, 0) is 12.8 Å². The van der Waals surface area contributed by atoms with Crippen molar-refractivity contribution >= 4 is 11.6 Å². The van der Waals surface area contributed by atoms with Crippen molar-refractivity contribution in [3.8, 4) is 6.07 Å². The van der Waals surface area contributed by atoms with E-state index in [2.05, 4.69) is 31.2 Å². The maximum absolute atomic E-state index is 8.92. The molecule has 0 spiro atoms. The van der Waals surface area contributed by atoms with Gasteiger partial charge < -0.3 is 0 Å². The zero-order valence-corrected chi connectivity index (χ0v) is 19.3. The summed E-state index contributed by atoms with van der Waals surface area (Å²) in [5, 5.41) is 9.84. The van der Waals surface area contributed by atoms with Crippen LogP contribution in [0.2, 0.25) is 5.02 Å². The fourth-order valence-corrected chi connectivity index (χ4v) is 5.15. The molecule has 1 aliphatic rings. The van der Waals surface area contributed by atoms with Crippen molar-refractivity contribution in [1.82, 2.24) is 0 Å². The molecule has 0 aromatic heterocycles. The van der Waals surface area contributed by atoms with Crippen molar-refractivity contribution in [2.24, 2.45) is 5.92 Å². The lowest BCUT2D eigenvalue weighted by atomic mass is 9.77. The minimum atomic E-state index is 0.686. The molecular weight excluding hydrogens is 386 g/mol. The lowest BCUT2D eigenvalue weighted by Gasteiger charge is -2.29. The molecule has 1 fully saturated rings. The number of nitrogens with zero attached hydrogens (tertiary/aromatic N) is 1. The molecule has 1 nitrogen and oxygen atoms in total. The Morgan fingerprint density at radius 3 is 2.30 bits per heavy atom. The van der Waals surface area contributed by atoms with E-state index >= 15 is 0 Å². The van der Waals surface area contributed by atoms with Gasteiger partial charge >= 0.3 is 0 Å². The topological polar surface area (TPSA) is 23.8 Å². The van der Waals surface area contributed by atoms with Gasteiger partial charge in [-0.3, -0.25) is 0 Å². The molecule has 0 atom stereocenters. The van der Waals surface area contributed by atoms with Gasteiger partial charge in [0.1, 0.15) is 0 Å². The molecule has 160 valence electrons. The third-order valence-corrected chi connectivity index (χ3v) is 7.23. The average Bonchev–Trinajstić information content (AvgIpc) is 2.79. The van der Waals surface area contributed by atoms with E-state index in [1.54, 1.807) is 0 Å². The van der Waals surface area contributed by atoms with Gasteiger partial charge in [-0.05, 0) is 85.3 Å². The van der Waals surface area contributed by atoms with Gasteiger partial charge in [-0.1, -0.05) is 81.3 Å². The summed E-state index contributed by atoms with van der Waals surface area (Å²) in [5.74, 6) is 1.64. The van der Waals surface area contributed by atoms with Gasteiger partial charge in [0.25, 0.3) is 0 Å². The Morgan fingerprint density at radius 2 is 1.63 bits per heavy atom. The molecule has 2 heteroatoms. The Labute approximate surface area is 188 Å². The Morgan fingerprint density at radius 1 is 0.900 bits per heavy atom. The number of hydrogen-bond acceptors (Lipinski definition) is 1. The summed E-state index contributed by atoms with van der Waals surface area (Å²) in [5.41, 5.74) is 4.63. The summed E-state index contributed by atoms with van der Waals surface area (Å²) < 4.78 is 0. The van der Waals surface area contributed by atoms with Crippen LogP contribution >= 0.6 is 11.6 Å². The first kappa shape index (κ1) is 22.9. The first-order valence-electron chi connectivity index (χ1n) is 12.0. The first-order chi connectivity index (χ1) is 14.7. The van der Waals surface area contributed by atoms with E-state index in [1.165, 1.54) is 80.9 Å². The smallest absolute Gasteiger partial charge is 0.0991 e. The molecule has 0 heterocycles. The van der Waals surface area contributed by atoms with E-state index in [4.69, 9.17) is 16.9 Å². The van der Waals surface area contributed by atoms with E-state index in [0.717, 1.165) is 23.8 Å². The van der Waals surface area contributed by atoms with Crippen LogP contribution in [0.15, 0.2) is 42.5 Å². The Bertz CT molecular complexity index is 810. The van der Waals surface area contributed by atoms with Crippen molar-refractivity contribution in [2.45, 2.75) is 89.9 Å². The second-order valence-corrected chi connectivity index (χ2v) is 9.49. The third kappa shape index (κ3) is 6.88. The molecule has 0 radical (unpaired) electrons. The predicted molar refractivity (Wildman–Crippen MR) is 128 cm³/mol. The highest BCUT2D eigenvalue weighted by molar-refractivity contribution is 6.31. The molecule has 1 saturated carbocycles. The van der Waals surface area contributed by atoms with Gasteiger partial charge in [-0.2, -0.15) is 5.26 Å². The second kappa shape index (κ2) is 12.2. The molecule has 3 rings (SSSR count). The van der Waals surface area contributed by atoms with Crippen molar-refractivity contribution in [3.05, 3.63) is 69.7 Å². The summed E-state index contributed by atoms with van der Waals surface area (Å²) in [7, 11) is 0. The standard InChI is InChI=1S/C28H36ClN/c1-2-3-4-5-6-7-22-12-15-25(16-13-22)27-19-18-26(28(29)20-27)17-14-23-8-10-24(21-30)11-9-23/h8-11,18-20,22,25H,2-7,12-17H2,1H3/t22-,25-. The second-order valence-electron chi connectivity index (χ2n) is 9.08. The van der Waals surface area contributed by atoms with Gasteiger partial charge in [-0.25, -0.2) is 0 Å². The van der Waals surface area contributed by atoms with Gasteiger partial charge in [0.15, 0.2) is 0 Å². The zero-order chi connectivity index (χ0) is 21.2. The highest BCUT2D eigenvalue weighted by Gasteiger charge is 2.22. The SMILES string of the molecule is CCCCCCC[C@H]1CC[C@H](c2ccc(CCc3ccc(C#N)cc3)c(Cl)c2)CC1. The van der Waals surface area contributed by atoms with Crippen LogP contribution < -0.4 is 0 Å². The average molecular weight is 422 g/mol. The zero-order valence-electron chi connectivity index (χ0n) is 18.5. The van der Waals surface area contributed by atoms with Crippen molar-refractivity contribution < 1.29 is 0 Å². The number of benzene rings is 2. The number of aryl methyl sites for hydroxylation is 2. The number of hydrogen-bond donors (Lipinski definition) is 0. The minimum Gasteiger partial charge on any atom is -0.192 e. The fraction of sp³-hybridized carbons (Fsp3) is 0.536. The summed E-state index contributed by atoms with van der Waals surface area (Å²) in [4.78, 5) is 0. The largest absolute Gasteiger partial charge is 0.192 e. The van der Waals surface area contributed by atoms with Gasteiger partial charge in [0, 0.05) is 5.02 Å². The number of rotatable bonds is 10. The van der Waals surface area contributed by atoms with E-state index in [1.807, 2.05) is 24.3 Å². The molecular formula is C28H36ClN. The van der Waals surface area contributed by atoms with Crippen LogP contribution in [0.25, 0.3) is 0 Å². The van der Waals surface area contributed by atoms with Crippen molar-refractivity contribution in [2.75, 3.05) is 0 Å². The van der Waals surface area contributed by atoms with E-state index in [0.29, 0.717) is 11.5 Å². The highest BCUT2D eigenvalue weighted by atomic mass is 35.5. The molecule has 0 saturated heterocycles. The molecule has 0 N–H and O–H groups in total. The van der Waals surface area contributed by atoms with Crippen LogP contribution in [0, 0.1) is 17.2 Å². The minimum absolute atomic E-state index is 0.686. The molecule has 0 unspecified atom stereocenters. The summed E-state index contributed by atoms with van der Waals surface area (Å²) in [6.07, 6.45) is 15.7. The summed E-state index contributed by atoms with van der Waals surface area (Å²) in [6, 6.07) is 16.8. The Hall–Kier alpha value is -1.78. The number of unbranched alkanes of at least 4 members (excludes halogenated alkanes) is 4. The van der Waals surface area contributed by atoms with Crippen molar-refractivity contribution in [1.29, 1.82) is 5.26 Å². The maximum Gasteiger partial charge on any atom is 0.0991 e. The van der Waals surface area contributed by atoms with E-state index in [-0.39, 0.29) is 0 Å². The molecule has 2 aromatic carbocycles. The monoisotopic (exact) mass is 421 g/mol. The fourth-order valence-electron chi connectivity index (χ4n) is 4.87. The van der Waals surface area contributed by atoms with Gasteiger partial charge in [0.2, 0.25) is 0 Å². The maximum atomic E-state index is 8.92.